The molecule has 1 unspecified atom stereocenters. The summed E-state index contributed by atoms with van der Waals surface area (Å²) < 4.78 is 5.37. The molecule has 0 aromatic carbocycles. The number of ether oxygens (including phenoxy) is 1. The molecule has 0 bridgehead atoms. The second-order valence-electron chi connectivity index (χ2n) is 7.18. The van der Waals surface area contributed by atoms with Crippen molar-refractivity contribution in [3.63, 3.8) is 0 Å². The van der Waals surface area contributed by atoms with Crippen LogP contribution in [0.3, 0.4) is 0 Å². The Morgan fingerprint density at radius 3 is 2.74 bits per heavy atom. The molecule has 0 aromatic rings. The van der Waals surface area contributed by atoms with Gasteiger partial charge in [-0.2, -0.15) is 0 Å². The van der Waals surface area contributed by atoms with Gasteiger partial charge in [-0.25, -0.2) is 0 Å². The lowest BCUT2D eigenvalue weighted by Crippen LogP contribution is -2.51. The molecule has 1 heterocycles. The Labute approximate surface area is 143 Å². The minimum atomic E-state index is 0.113. The summed E-state index contributed by atoms with van der Waals surface area (Å²) >= 11 is 0. The highest BCUT2D eigenvalue weighted by Crippen LogP contribution is 2.23. The van der Waals surface area contributed by atoms with E-state index >= 15 is 0 Å². The Balaban J connectivity index is 2.46. The van der Waals surface area contributed by atoms with Crippen LogP contribution in [-0.2, 0) is 4.74 Å². The summed E-state index contributed by atoms with van der Waals surface area (Å²) in [6.45, 7) is 17.7. The number of nitrogens with zero attached hydrogens (tertiary/aromatic N) is 2. The molecular weight excluding hydrogens is 288 g/mol. The predicted molar refractivity (Wildman–Crippen MR) is 99.1 cm³/mol. The summed E-state index contributed by atoms with van der Waals surface area (Å²) in [5.74, 6) is 1.72. The van der Waals surface area contributed by atoms with E-state index in [-0.39, 0.29) is 5.54 Å². The van der Waals surface area contributed by atoms with Crippen LogP contribution in [-0.4, -0.2) is 62.3 Å². The molecule has 5 heteroatoms. The Hall–Kier alpha value is -0.810. The van der Waals surface area contributed by atoms with Crippen molar-refractivity contribution in [2.45, 2.75) is 59.4 Å². The minimum absolute atomic E-state index is 0.113. The van der Waals surface area contributed by atoms with Gasteiger partial charge in [-0.1, -0.05) is 6.92 Å². The van der Waals surface area contributed by atoms with E-state index in [0.29, 0.717) is 0 Å². The van der Waals surface area contributed by atoms with Gasteiger partial charge in [-0.05, 0) is 59.4 Å². The summed E-state index contributed by atoms with van der Waals surface area (Å²) in [5, 5.41) is 6.74. The average Bonchev–Trinajstić information content (AvgIpc) is 2.52. The van der Waals surface area contributed by atoms with Gasteiger partial charge in [0.25, 0.3) is 0 Å². The van der Waals surface area contributed by atoms with E-state index in [2.05, 4.69) is 43.2 Å². The zero-order valence-corrected chi connectivity index (χ0v) is 16.0. The molecule has 1 saturated heterocycles. The summed E-state index contributed by atoms with van der Waals surface area (Å²) in [5.41, 5.74) is 0.113. The summed E-state index contributed by atoms with van der Waals surface area (Å²) in [4.78, 5) is 7.42. The number of nitrogens with one attached hydrogen (secondary N) is 2. The van der Waals surface area contributed by atoms with Crippen LogP contribution >= 0.6 is 0 Å². The first-order chi connectivity index (χ1) is 11.0. The van der Waals surface area contributed by atoms with Gasteiger partial charge in [0.2, 0.25) is 0 Å². The SMILES string of the molecule is CCNC(=NCC(C)(C)N1CCCC(C)C1)NCCCOCC. The van der Waals surface area contributed by atoms with Crippen molar-refractivity contribution >= 4 is 5.96 Å². The smallest absolute Gasteiger partial charge is 0.191 e. The molecule has 1 rings (SSSR count). The van der Waals surface area contributed by atoms with E-state index in [4.69, 9.17) is 9.73 Å². The molecule has 23 heavy (non-hydrogen) atoms. The van der Waals surface area contributed by atoms with E-state index in [1.807, 2.05) is 6.92 Å². The van der Waals surface area contributed by atoms with Gasteiger partial charge in [0.15, 0.2) is 5.96 Å². The topological polar surface area (TPSA) is 48.9 Å². The summed E-state index contributed by atoms with van der Waals surface area (Å²) in [6, 6.07) is 0. The van der Waals surface area contributed by atoms with Crippen molar-refractivity contribution in [1.29, 1.82) is 0 Å². The van der Waals surface area contributed by atoms with Crippen LogP contribution in [0.5, 0.6) is 0 Å². The number of piperidine rings is 1. The Morgan fingerprint density at radius 2 is 2.09 bits per heavy atom. The lowest BCUT2D eigenvalue weighted by Gasteiger charge is -2.42. The normalized spacial score (nSPS) is 20.6. The van der Waals surface area contributed by atoms with Crippen LogP contribution < -0.4 is 10.6 Å². The third kappa shape index (κ3) is 8.02. The molecule has 0 aromatic heterocycles. The van der Waals surface area contributed by atoms with Gasteiger partial charge in [-0.3, -0.25) is 9.89 Å². The highest BCUT2D eigenvalue weighted by atomic mass is 16.5. The van der Waals surface area contributed by atoms with Crippen LogP contribution in [0, 0.1) is 5.92 Å². The maximum atomic E-state index is 5.37. The van der Waals surface area contributed by atoms with Gasteiger partial charge >= 0.3 is 0 Å². The lowest BCUT2D eigenvalue weighted by molar-refractivity contribution is 0.0774. The van der Waals surface area contributed by atoms with Crippen LogP contribution in [0.2, 0.25) is 0 Å². The minimum Gasteiger partial charge on any atom is -0.382 e. The lowest BCUT2D eigenvalue weighted by atomic mass is 9.94. The predicted octanol–water partition coefficient (Wildman–Crippen LogP) is 2.48. The van der Waals surface area contributed by atoms with E-state index in [9.17, 15) is 0 Å². The van der Waals surface area contributed by atoms with E-state index < -0.39 is 0 Å². The second kappa shape index (κ2) is 10.9. The molecule has 1 atom stereocenters. The molecule has 5 nitrogen and oxygen atoms in total. The van der Waals surface area contributed by atoms with Crippen LogP contribution in [0.15, 0.2) is 4.99 Å². The summed E-state index contributed by atoms with van der Waals surface area (Å²) in [6.07, 6.45) is 3.68. The Kier molecular flexibility index (Phi) is 9.56. The Morgan fingerprint density at radius 1 is 1.30 bits per heavy atom. The van der Waals surface area contributed by atoms with Crippen molar-refractivity contribution in [2.75, 3.05) is 45.9 Å². The van der Waals surface area contributed by atoms with Crippen molar-refractivity contribution in [3.8, 4) is 0 Å². The van der Waals surface area contributed by atoms with E-state index in [1.165, 1.54) is 25.9 Å². The third-order valence-electron chi connectivity index (χ3n) is 4.44. The number of rotatable bonds is 9. The number of hydrogen-bond donors (Lipinski definition) is 2. The number of likely N-dealkylation sites (tertiary alicyclic amines) is 1. The molecule has 2 N–H and O–H groups in total. The van der Waals surface area contributed by atoms with Gasteiger partial charge in [0.05, 0.1) is 6.54 Å². The fraction of sp³-hybridized carbons (Fsp3) is 0.944. The second-order valence-corrected chi connectivity index (χ2v) is 7.18. The average molecular weight is 327 g/mol. The maximum Gasteiger partial charge on any atom is 0.191 e. The molecule has 1 aliphatic rings. The highest BCUT2D eigenvalue weighted by Gasteiger charge is 2.29. The first-order valence-corrected chi connectivity index (χ1v) is 9.34. The van der Waals surface area contributed by atoms with Gasteiger partial charge in [0.1, 0.15) is 0 Å². The first-order valence-electron chi connectivity index (χ1n) is 9.34. The van der Waals surface area contributed by atoms with Crippen molar-refractivity contribution in [2.24, 2.45) is 10.9 Å². The molecule has 1 fully saturated rings. The zero-order valence-electron chi connectivity index (χ0n) is 16.0. The van der Waals surface area contributed by atoms with E-state index in [0.717, 1.165) is 51.1 Å². The molecule has 0 saturated carbocycles. The molecule has 0 spiro atoms. The fourth-order valence-electron chi connectivity index (χ4n) is 2.98. The molecular formula is C18H38N4O. The standard InChI is InChI=1S/C18H38N4O/c1-6-19-17(20-11-9-13-23-7-2)21-15-18(4,5)22-12-8-10-16(3)14-22/h16H,6-15H2,1-5H3,(H2,19,20,21). The zero-order chi connectivity index (χ0) is 17.1. The quantitative estimate of drug-likeness (QED) is 0.388. The third-order valence-corrected chi connectivity index (χ3v) is 4.44. The van der Waals surface area contributed by atoms with Crippen molar-refractivity contribution in [3.05, 3.63) is 0 Å². The highest BCUT2D eigenvalue weighted by molar-refractivity contribution is 5.79. The van der Waals surface area contributed by atoms with E-state index in [1.54, 1.807) is 0 Å². The van der Waals surface area contributed by atoms with Crippen molar-refractivity contribution in [1.82, 2.24) is 15.5 Å². The first kappa shape index (κ1) is 20.2. The largest absolute Gasteiger partial charge is 0.382 e. The van der Waals surface area contributed by atoms with Crippen LogP contribution in [0.4, 0.5) is 0 Å². The molecule has 136 valence electrons. The molecule has 0 amide bonds. The number of aliphatic imine (C=N–C) groups is 1. The number of hydrogen-bond acceptors (Lipinski definition) is 3. The number of guanidine groups is 1. The van der Waals surface area contributed by atoms with Gasteiger partial charge in [-0.15, -0.1) is 0 Å². The Bertz CT molecular complexity index is 344. The fourth-order valence-corrected chi connectivity index (χ4v) is 2.98. The van der Waals surface area contributed by atoms with Gasteiger partial charge in [0, 0.05) is 38.4 Å². The monoisotopic (exact) mass is 326 g/mol. The van der Waals surface area contributed by atoms with Crippen molar-refractivity contribution < 1.29 is 4.74 Å². The van der Waals surface area contributed by atoms with Gasteiger partial charge < -0.3 is 15.4 Å². The van der Waals surface area contributed by atoms with Crippen LogP contribution in [0.1, 0.15) is 53.9 Å². The molecule has 0 radical (unpaired) electrons. The van der Waals surface area contributed by atoms with Crippen LogP contribution in [0.25, 0.3) is 0 Å². The maximum absolute atomic E-state index is 5.37. The molecule has 0 aliphatic carbocycles. The summed E-state index contributed by atoms with van der Waals surface area (Å²) in [7, 11) is 0. The molecule has 1 aliphatic heterocycles.